The second-order valence-corrected chi connectivity index (χ2v) is 8.55. The maximum atomic E-state index is 10.8. The number of nitro benzene ring substituents is 1. The maximum Gasteiger partial charge on any atom is 0.269 e. The number of likely N-dealkylation sites (N-methyl/N-ethyl adjacent to an activating group) is 1. The van der Waals surface area contributed by atoms with Gasteiger partial charge in [-0.1, -0.05) is 31.4 Å². The summed E-state index contributed by atoms with van der Waals surface area (Å²) in [4.78, 5) is 17.6. The number of piperazine rings is 1. The number of nitro groups is 1. The lowest BCUT2D eigenvalue weighted by Gasteiger charge is -2.36. The summed E-state index contributed by atoms with van der Waals surface area (Å²) in [5.41, 5.74) is 7.09. The van der Waals surface area contributed by atoms with Crippen molar-refractivity contribution in [1.82, 2.24) is 15.1 Å². The van der Waals surface area contributed by atoms with Crippen LogP contribution in [0.15, 0.2) is 61.3 Å². The Hall–Kier alpha value is -3.32. The average molecular weight is 434 g/mol. The molecule has 1 N–H and O–H groups in total. The summed E-state index contributed by atoms with van der Waals surface area (Å²) in [5.74, 6) is 0. The van der Waals surface area contributed by atoms with E-state index in [1.807, 2.05) is 19.2 Å². The Bertz CT molecular complexity index is 1030. The summed E-state index contributed by atoms with van der Waals surface area (Å²) in [6.45, 7) is 16.1. The first-order valence-corrected chi connectivity index (χ1v) is 11.0. The van der Waals surface area contributed by atoms with Crippen molar-refractivity contribution in [3.05, 3.63) is 88.1 Å². The van der Waals surface area contributed by atoms with Crippen molar-refractivity contribution in [2.24, 2.45) is 0 Å². The normalized spacial score (nSPS) is 17.2. The van der Waals surface area contributed by atoms with E-state index in [9.17, 15) is 10.1 Å². The number of nitrogens with zero attached hydrogens (tertiary/aromatic N) is 4. The third kappa shape index (κ3) is 4.34. The van der Waals surface area contributed by atoms with Crippen molar-refractivity contribution in [3.63, 3.8) is 0 Å². The number of hydrogen-bond acceptors (Lipinski definition) is 6. The van der Waals surface area contributed by atoms with E-state index in [4.69, 9.17) is 0 Å². The van der Waals surface area contributed by atoms with Crippen LogP contribution in [0, 0.1) is 10.1 Å². The van der Waals surface area contributed by atoms with E-state index in [-0.39, 0.29) is 16.7 Å². The lowest BCUT2D eigenvalue weighted by molar-refractivity contribution is -0.384. The zero-order valence-electron chi connectivity index (χ0n) is 18.9. The summed E-state index contributed by atoms with van der Waals surface area (Å²) in [6.07, 6.45) is 0. The zero-order chi connectivity index (χ0) is 22.8. The Morgan fingerprint density at radius 3 is 2.47 bits per heavy atom. The molecule has 0 aromatic heterocycles. The van der Waals surface area contributed by atoms with Crippen LogP contribution in [0.1, 0.15) is 23.6 Å². The molecule has 2 aliphatic heterocycles. The number of anilines is 1. The van der Waals surface area contributed by atoms with Crippen LogP contribution in [0.3, 0.4) is 0 Å². The maximum absolute atomic E-state index is 10.8. The Morgan fingerprint density at radius 1 is 1.16 bits per heavy atom. The van der Waals surface area contributed by atoms with Crippen molar-refractivity contribution in [3.8, 4) is 0 Å². The monoisotopic (exact) mass is 433 g/mol. The van der Waals surface area contributed by atoms with Gasteiger partial charge in [0.15, 0.2) is 0 Å². The molecule has 0 bridgehead atoms. The molecule has 4 rings (SSSR count). The Kier molecular flexibility index (Phi) is 6.19. The van der Waals surface area contributed by atoms with E-state index >= 15 is 0 Å². The fourth-order valence-electron chi connectivity index (χ4n) is 4.54. The third-order valence-corrected chi connectivity index (χ3v) is 6.67. The molecule has 2 aromatic carbocycles. The van der Waals surface area contributed by atoms with Gasteiger partial charge in [0.1, 0.15) is 0 Å². The second kappa shape index (κ2) is 9.04. The van der Waals surface area contributed by atoms with Crippen molar-refractivity contribution in [2.45, 2.75) is 26.1 Å². The first-order valence-electron chi connectivity index (χ1n) is 11.0. The molecule has 32 heavy (non-hydrogen) atoms. The predicted molar refractivity (Wildman–Crippen MR) is 129 cm³/mol. The number of fused-ring (bicyclic) bond motifs is 1. The van der Waals surface area contributed by atoms with Crippen LogP contribution in [0.5, 0.6) is 0 Å². The predicted octanol–water partition coefficient (Wildman–Crippen LogP) is 3.82. The van der Waals surface area contributed by atoms with Crippen LogP contribution in [-0.2, 0) is 13.1 Å². The Balaban J connectivity index is 1.36. The van der Waals surface area contributed by atoms with Gasteiger partial charge in [0.25, 0.3) is 5.69 Å². The average Bonchev–Trinajstić information content (AvgIpc) is 3.14. The number of rotatable bonds is 7. The summed E-state index contributed by atoms with van der Waals surface area (Å²) >= 11 is 0. The molecule has 1 fully saturated rings. The fraction of sp³-hybridized carbons (Fsp3) is 0.360. The molecular weight excluding hydrogens is 402 g/mol. The smallest absolute Gasteiger partial charge is 0.269 e. The Morgan fingerprint density at radius 2 is 1.84 bits per heavy atom. The van der Waals surface area contributed by atoms with Crippen LogP contribution in [0.4, 0.5) is 11.4 Å². The standard InChI is InChI=1S/C25H31N5O2/c1-18(26-4)19(2)29-17-22-15-24(9-10-25(22)20(29)3)28-13-11-27(12-14-28)16-21-5-7-23(8-6-21)30(31)32/h5-10,15,19,26H,1,3,11-14,16-17H2,2,4H3. The highest BCUT2D eigenvalue weighted by molar-refractivity contribution is 5.72. The summed E-state index contributed by atoms with van der Waals surface area (Å²) < 4.78 is 0. The molecule has 0 saturated carbocycles. The summed E-state index contributed by atoms with van der Waals surface area (Å²) in [5, 5.41) is 14.0. The highest BCUT2D eigenvalue weighted by Gasteiger charge is 2.28. The third-order valence-electron chi connectivity index (χ3n) is 6.67. The number of benzene rings is 2. The molecular formula is C25H31N5O2. The molecule has 2 heterocycles. The van der Waals surface area contributed by atoms with Gasteiger partial charge in [-0.15, -0.1) is 0 Å². The molecule has 7 heteroatoms. The van der Waals surface area contributed by atoms with Crippen molar-refractivity contribution >= 4 is 17.1 Å². The number of non-ortho nitro benzene ring substituents is 1. The first-order chi connectivity index (χ1) is 15.4. The van der Waals surface area contributed by atoms with E-state index in [1.165, 1.54) is 16.8 Å². The van der Waals surface area contributed by atoms with Gasteiger partial charge in [-0.2, -0.15) is 0 Å². The summed E-state index contributed by atoms with van der Waals surface area (Å²) in [7, 11) is 1.91. The topological polar surface area (TPSA) is 64.9 Å². The van der Waals surface area contributed by atoms with E-state index < -0.39 is 0 Å². The van der Waals surface area contributed by atoms with E-state index in [0.29, 0.717) is 0 Å². The van der Waals surface area contributed by atoms with Crippen molar-refractivity contribution in [2.75, 3.05) is 38.1 Å². The molecule has 2 aliphatic rings. The van der Waals surface area contributed by atoms with Gasteiger partial charge >= 0.3 is 0 Å². The van der Waals surface area contributed by atoms with E-state index in [2.05, 4.69) is 58.3 Å². The Labute approximate surface area is 189 Å². The fourth-order valence-corrected chi connectivity index (χ4v) is 4.54. The lowest BCUT2D eigenvalue weighted by atomic mass is 10.1. The van der Waals surface area contributed by atoms with E-state index in [0.717, 1.165) is 56.2 Å². The summed E-state index contributed by atoms with van der Waals surface area (Å²) in [6, 6.07) is 13.8. The quantitative estimate of drug-likeness (QED) is 0.529. The van der Waals surface area contributed by atoms with Crippen LogP contribution in [0.2, 0.25) is 0 Å². The van der Waals surface area contributed by atoms with Crippen LogP contribution in [0.25, 0.3) is 5.70 Å². The molecule has 0 amide bonds. The van der Waals surface area contributed by atoms with Crippen LogP contribution >= 0.6 is 0 Å². The molecule has 0 aliphatic carbocycles. The number of hydrogen-bond donors (Lipinski definition) is 1. The first kappa shape index (κ1) is 21.9. The highest BCUT2D eigenvalue weighted by Crippen LogP contribution is 2.36. The lowest BCUT2D eigenvalue weighted by Crippen LogP contribution is -2.46. The molecule has 0 radical (unpaired) electrons. The molecule has 7 nitrogen and oxygen atoms in total. The number of nitrogens with one attached hydrogen (secondary N) is 1. The van der Waals surface area contributed by atoms with Gasteiger partial charge in [0.2, 0.25) is 0 Å². The van der Waals surface area contributed by atoms with E-state index in [1.54, 1.807) is 12.1 Å². The largest absolute Gasteiger partial charge is 0.390 e. The highest BCUT2D eigenvalue weighted by atomic mass is 16.6. The minimum absolute atomic E-state index is 0.140. The van der Waals surface area contributed by atoms with Gasteiger partial charge in [-0.05, 0) is 30.2 Å². The van der Waals surface area contributed by atoms with Gasteiger partial charge in [-0.25, -0.2) is 0 Å². The van der Waals surface area contributed by atoms with Gasteiger partial charge in [0.05, 0.1) is 11.0 Å². The second-order valence-electron chi connectivity index (χ2n) is 8.55. The van der Waals surface area contributed by atoms with Crippen molar-refractivity contribution < 1.29 is 4.92 Å². The molecule has 168 valence electrons. The minimum atomic E-state index is -0.356. The van der Waals surface area contributed by atoms with Crippen LogP contribution < -0.4 is 10.2 Å². The molecule has 0 spiro atoms. The minimum Gasteiger partial charge on any atom is -0.390 e. The molecule has 1 saturated heterocycles. The van der Waals surface area contributed by atoms with Gasteiger partial charge in [0, 0.05) is 81.1 Å². The van der Waals surface area contributed by atoms with Gasteiger partial charge < -0.3 is 15.1 Å². The van der Waals surface area contributed by atoms with Crippen molar-refractivity contribution in [1.29, 1.82) is 0 Å². The van der Waals surface area contributed by atoms with Gasteiger partial charge in [-0.3, -0.25) is 15.0 Å². The molecule has 1 unspecified atom stereocenters. The molecule has 1 atom stereocenters. The zero-order valence-corrected chi connectivity index (χ0v) is 18.9. The SMILES string of the molecule is C=C(NC)C(C)N1Cc2cc(N3CCN(Cc4ccc([N+](=O)[O-])cc4)CC3)ccc2C1=C. The molecule has 2 aromatic rings. The van der Waals surface area contributed by atoms with Crippen LogP contribution in [-0.4, -0.2) is 54.0 Å².